The summed E-state index contributed by atoms with van der Waals surface area (Å²) in [6, 6.07) is 2.90. The van der Waals surface area contributed by atoms with Crippen molar-refractivity contribution in [2.75, 3.05) is 5.88 Å². The summed E-state index contributed by atoms with van der Waals surface area (Å²) in [4.78, 5) is 0. The Kier molecular flexibility index (Phi) is 6.00. The highest BCUT2D eigenvalue weighted by molar-refractivity contribution is 6.18. The molecule has 0 fully saturated rings. The Bertz CT molecular complexity index is 322. The topological polar surface area (TPSA) is 29.9 Å². The van der Waals surface area contributed by atoms with Gasteiger partial charge >= 0.3 is 0 Å². The Balaban J connectivity index is 2.49. The van der Waals surface area contributed by atoms with Crippen molar-refractivity contribution >= 4 is 11.6 Å². The van der Waals surface area contributed by atoms with Crippen LogP contribution in [0.5, 0.6) is 0 Å². The van der Waals surface area contributed by atoms with Crippen molar-refractivity contribution in [1.29, 1.82) is 0 Å². The van der Waals surface area contributed by atoms with Gasteiger partial charge in [-0.25, -0.2) is 0 Å². The normalized spacial score (nSPS) is 15.2. The monoisotopic (exact) mass is 257 g/mol. The molecule has 0 amide bonds. The first-order chi connectivity index (χ1) is 8.08. The van der Waals surface area contributed by atoms with Crippen molar-refractivity contribution in [1.82, 2.24) is 15.1 Å². The molecule has 0 aliphatic rings. The molecule has 2 unspecified atom stereocenters. The number of alkyl halides is 1. The number of hydrogen-bond acceptors (Lipinski definition) is 2. The lowest BCUT2D eigenvalue weighted by Crippen LogP contribution is -2.35. The molecule has 0 bridgehead atoms. The lowest BCUT2D eigenvalue weighted by Gasteiger charge is -2.19. The lowest BCUT2D eigenvalue weighted by molar-refractivity contribution is 0.422. The van der Waals surface area contributed by atoms with Crippen LogP contribution in [-0.2, 0) is 6.54 Å². The zero-order chi connectivity index (χ0) is 12.8. The molecule has 1 N–H and O–H groups in total. The van der Waals surface area contributed by atoms with Crippen molar-refractivity contribution in [2.24, 2.45) is 5.92 Å². The molecule has 0 aliphatic heterocycles. The average Bonchev–Trinajstić information content (AvgIpc) is 2.77. The van der Waals surface area contributed by atoms with Gasteiger partial charge < -0.3 is 5.32 Å². The third kappa shape index (κ3) is 4.32. The van der Waals surface area contributed by atoms with E-state index in [0.717, 1.165) is 18.7 Å². The van der Waals surface area contributed by atoms with E-state index in [1.165, 1.54) is 0 Å². The zero-order valence-corrected chi connectivity index (χ0v) is 12.0. The fourth-order valence-electron chi connectivity index (χ4n) is 1.61. The van der Waals surface area contributed by atoms with E-state index in [-0.39, 0.29) is 0 Å². The highest BCUT2D eigenvalue weighted by atomic mass is 35.5. The van der Waals surface area contributed by atoms with Gasteiger partial charge in [-0.2, -0.15) is 5.10 Å². The summed E-state index contributed by atoms with van der Waals surface area (Å²) in [5.74, 6) is 1.19. The Morgan fingerprint density at radius 1 is 1.41 bits per heavy atom. The van der Waals surface area contributed by atoms with Crippen LogP contribution in [0, 0.1) is 5.92 Å². The quantitative estimate of drug-likeness (QED) is 0.761. The first-order valence-electron chi connectivity index (χ1n) is 6.41. The van der Waals surface area contributed by atoms with Crippen LogP contribution in [-0.4, -0.2) is 21.7 Å². The fraction of sp³-hybridized carbons (Fsp3) is 0.769. The van der Waals surface area contributed by atoms with E-state index in [2.05, 4.69) is 50.4 Å². The third-order valence-corrected chi connectivity index (χ3v) is 3.55. The first kappa shape index (κ1) is 14.5. The van der Waals surface area contributed by atoms with Crippen LogP contribution in [0.15, 0.2) is 12.3 Å². The van der Waals surface area contributed by atoms with Gasteiger partial charge in [-0.15, -0.1) is 11.6 Å². The van der Waals surface area contributed by atoms with Crippen molar-refractivity contribution in [2.45, 2.75) is 52.7 Å². The molecule has 1 rings (SSSR count). The minimum atomic E-state index is 0.352. The van der Waals surface area contributed by atoms with E-state index in [0.29, 0.717) is 23.9 Å². The van der Waals surface area contributed by atoms with Crippen LogP contribution in [0.2, 0.25) is 0 Å². The lowest BCUT2D eigenvalue weighted by atomic mass is 10.1. The largest absolute Gasteiger partial charge is 0.307 e. The van der Waals surface area contributed by atoms with Gasteiger partial charge in [-0.05, 0) is 25.3 Å². The van der Waals surface area contributed by atoms with Gasteiger partial charge in [0, 0.05) is 30.7 Å². The van der Waals surface area contributed by atoms with Crippen molar-refractivity contribution in [3.05, 3.63) is 18.0 Å². The van der Waals surface area contributed by atoms with Crippen LogP contribution in [0.1, 0.15) is 45.9 Å². The smallest absolute Gasteiger partial charge is 0.0762 e. The molecule has 17 heavy (non-hydrogen) atoms. The van der Waals surface area contributed by atoms with Crippen molar-refractivity contribution < 1.29 is 0 Å². The highest BCUT2D eigenvalue weighted by Crippen LogP contribution is 2.10. The van der Waals surface area contributed by atoms with E-state index >= 15 is 0 Å². The predicted molar refractivity (Wildman–Crippen MR) is 73.4 cm³/mol. The molecule has 0 radical (unpaired) electrons. The average molecular weight is 258 g/mol. The van der Waals surface area contributed by atoms with E-state index < -0.39 is 0 Å². The van der Waals surface area contributed by atoms with Crippen molar-refractivity contribution in [3.63, 3.8) is 0 Å². The molecule has 1 aromatic rings. The number of hydrogen-bond donors (Lipinski definition) is 1. The number of nitrogens with zero attached hydrogens (tertiary/aromatic N) is 2. The number of rotatable bonds is 7. The molecule has 0 aliphatic carbocycles. The van der Waals surface area contributed by atoms with Crippen LogP contribution in [0.25, 0.3) is 0 Å². The van der Waals surface area contributed by atoms with Gasteiger partial charge in [0.05, 0.1) is 5.69 Å². The Morgan fingerprint density at radius 2 is 2.12 bits per heavy atom. The van der Waals surface area contributed by atoms with Crippen molar-refractivity contribution in [3.8, 4) is 0 Å². The fourth-order valence-corrected chi connectivity index (χ4v) is 2.07. The molecule has 0 aromatic carbocycles. The molecule has 1 aromatic heterocycles. The van der Waals surface area contributed by atoms with Gasteiger partial charge in [0.2, 0.25) is 0 Å². The Labute approximate surface area is 110 Å². The summed E-state index contributed by atoms with van der Waals surface area (Å²) < 4.78 is 2.03. The standard InChI is InChI=1S/C13H24ClN3/c1-5-11(4)17-7-6-12(16-17)9-15-13(8-14)10(2)3/h6-7,10-11,13,15H,5,8-9H2,1-4H3. The third-order valence-electron chi connectivity index (χ3n) is 3.22. The summed E-state index contributed by atoms with van der Waals surface area (Å²) in [7, 11) is 0. The maximum Gasteiger partial charge on any atom is 0.0762 e. The number of aromatic nitrogens is 2. The van der Waals surface area contributed by atoms with Crippen LogP contribution >= 0.6 is 11.6 Å². The molecule has 0 spiro atoms. The van der Waals surface area contributed by atoms with Crippen LogP contribution < -0.4 is 5.32 Å². The minimum Gasteiger partial charge on any atom is -0.307 e. The van der Waals surface area contributed by atoms with E-state index in [9.17, 15) is 0 Å². The predicted octanol–water partition coefficient (Wildman–Crippen LogP) is 3.21. The molecule has 1 heterocycles. The molecular weight excluding hydrogens is 234 g/mol. The van der Waals surface area contributed by atoms with Gasteiger partial charge in [0.1, 0.15) is 0 Å². The molecule has 3 nitrogen and oxygen atoms in total. The second-order valence-electron chi connectivity index (χ2n) is 4.93. The summed E-state index contributed by atoms with van der Waals surface area (Å²) in [6.45, 7) is 9.50. The van der Waals surface area contributed by atoms with E-state index in [1.54, 1.807) is 0 Å². The molecule has 4 heteroatoms. The van der Waals surface area contributed by atoms with E-state index in [1.807, 2.05) is 4.68 Å². The second kappa shape index (κ2) is 7.02. The first-order valence-corrected chi connectivity index (χ1v) is 6.95. The van der Waals surface area contributed by atoms with E-state index in [4.69, 9.17) is 11.6 Å². The van der Waals surface area contributed by atoms with Crippen LogP contribution in [0.3, 0.4) is 0 Å². The van der Waals surface area contributed by atoms with Crippen LogP contribution in [0.4, 0.5) is 0 Å². The Hall–Kier alpha value is -0.540. The zero-order valence-electron chi connectivity index (χ0n) is 11.3. The van der Waals surface area contributed by atoms with Gasteiger partial charge in [-0.1, -0.05) is 20.8 Å². The number of halogens is 1. The molecule has 98 valence electrons. The maximum absolute atomic E-state index is 5.92. The molecule has 0 saturated carbocycles. The summed E-state index contributed by atoms with van der Waals surface area (Å²) in [5.41, 5.74) is 1.08. The molecule has 0 saturated heterocycles. The van der Waals surface area contributed by atoms with Gasteiger partial charge in [0.15, 0.2) is 0 Å². The second-order valence-corrected chi connectivity index (χ2v) is 5.24. The van der Waals surface area contributed by atoms with Gasteiger partial charge in [0.25, 0.3) is 0 Å². The molecule has 2 atom stereocenters. The SMILES string of the molecule is CCC(C)n1ccc(CNC(CCl)C(C)C)n1. The number of nitrogens with one attached hydrogen (secondary N) is 1. The summed E-state index contributed by atoms with van der Waals surface area (Å²) in [6.07, 6.45) is 3.15. The molecular formula is C13H24ClN3. The maximum atomic E-state index is 5.92. The van der Waals surface area contributed by atoms with Gasteiger partial charge in [-0.3, -0.25) is 4.68 Å². The summed E-state index contributed by atoms with van der Waals surface area (Å²) >= 11 is 5.92. The Morgan fingerprint density at radius 3 is 2.65 bits per heavy atom. The minimum absolute atomic E-state index is 0.352. The highest BCUT2D eigenvalue weighted by Gasteiger charge is 2.12. The summed E-state index contributed by atoms with van der Waals surface area (Å²) in [5, 5.41) is 8.01.